The molecule has 0 spiro atoms. The molecule has 2 atom stereocenters. The van der Waals surface area contributed by atoms with Gasteiger partial charge in [0.05, 0.1) is 13.2 Å². The van der Waals surface area contributed by atoms with Gasteiger partial charge in [-0.25, -0.2) is 0 Å². The van der Waals surface area contributed by atoms with Gasteiger partial charge in [-0.15, -0.1) is 0 Å². The molecule has 1 saturated heterocycles. The minimum atomic E-state index is 0.160. The Labute approximate surface area is 61.5 Å². The van der Waals surface area contributed by atoms with Crippen LogP contribution in [0.2, 0.25) is 0 Å². The molecule has 60 valence electrons. The molecule has 0 amide bonds. The third kappa shape index (κ3) is 1.94. The van der Waals surface area contributed by atoms with Crippen LogP contribution >= 0.6 is 0 Å². The van der Waals surface area contributed by atoms with Crippen LogP contribution in [-0.2, 0) is 9.47 Å². The number of hydrogen-bond donors (Lipinski definition) is 1. The van der Waals surface area contributed by atoms with Crippen molar-refractivity contribution >= 4 is 0 Å². The summed E-state index contributed by atoms with van der Waals surface area (Å²) in [6.07, 6.45) is 1.09. The lowest BCUT2D eigenvalue weighted by molar-refractivity contribution is 0.139. The standard InChI is InChI=1S/C7H15NO2/c1-9-5-7(8)6-2-3-10-4-6/h6-7H,2-5,8H2,1H3. The van der Waals surface area contributed by atoms with Gasteiger partial charge in [-0.1, -0.05) is 0 Å². The zero-order chi connectivity index (χ0) is 7.40. The van der Waals surface area contributed by atoms with Gasteiger partial charge >= 0.3 is 0 Å². The van der Waals surface area contributed by atoms with Crippen molar-refractivity contribution < 1.29 is 9.47 Å². The molecule has 0 saturated carbocycles. The first-order valence-electron chi connectivity index (χ1n) is 3.67. The van der Waals surface area contributed by atoms with Gasteiger partial charge in [0.25, 0.3) is 0 Å². The van der Waals surface area contributed by atoms with Crippen LogP contribution < -0.4 is 5.73 Å². The molecule has 2 N–H and O–H groups in total. The van der Waals surface area contributed by atoms with Crippen molar-refractivity contribution in [2.24, 2.45) is 11.7 Å². The van der Waals surface area contributed by atoms with E-state index in [2.05, 4.69) is 0 Å². The lowest BCUT2D eigenvalue weighted by atomic mass is 10.0. The van der Waals surface area contributed by atoms with Crippen LogP contribution in [-0.4, -0.2) is 33.0 Å². The van der Waals surface area contributed by atoms with Gasteiger partial charge in [-0.05, 0) is 6.42 Å². The van der Waals surface area contributed by atoms with Crippen LogP contribution in [0.1, 0.15) is 6.42 Å². The highest BCUT2D eigenvalue weighted by molar-refractivity contribution is 4.75. The summed E-state index contributed by atoms with van der Waals surface area (Å²) < 4.78 is 10.1. The van der Waals surface area contributed by atoms with Gasteiger partial charge in [-0.2, -0.15) is 0 Å². The third-order valence-corrected chi connectivity index (χ3v) is 1.93. The van der Waals surface area contributed by atoms with E-state index >= 15 is 0 Å². The van der Waals surface area contributed by atoms with E-state index in [9.17, 15) is 0 Å². The fourth-order valence-electron chi connectivity index (χ4n) is 1.22. The van der Waals surface area contributed by atoms with Crippen molar-refractivity contribution in [2.45, 2.75) is 12.5 Å². The quantitative estimate of drug-likeness (QED) is 0.607. The lowest BCUT2D eigenvalue weighted by Gasteiger charge is -2.15. The minimum absolute atomic E-state index is 0.160. The number of hydrogen-bond acceptors (Lipinski definition) is 3. The highest BCUT2D eigenvalue weighted by Gasteiger charge is 2.22. The Morgan fingerprint density at radius 1 is 1.80 bits per heavy atom. The fourth-order valence-corrected chi connectivity index (χ4v) is 1.22. The monoisotopic (exact) mass is 145 g/mol. The number of methoxy groups -OCH3 is 1. The predicted octanol–water partition coefficient (Wildman–Crippen LogP) is -0.00340. The second-order valence-corrected chi connectivity index (χ2v) is 2.74. The number of nitrogens with two attached hydrogens (primary N) is 1. The first kappa shape index (κ1) is 7.98. The first-order chi connectivity index (χ1) is 4.84. The second kappa shape index (κ2) is 3.91. The molecule has 3 nitrogen and oxygen atoms in total. The van der Waals surface area contributed by atoms with E-state index in [1.165, 1.54) is 0 Å². The maximum Gasteiger partial charge on any atom is 0.0617 e. The largest absolute Gasteiger partial charge is 0.383 e. The second-order valence-electron chi connectivity index (χ2n) is 2.74. The molecule has 2 unspecified atom stereocenters. The fraction of sp³-hybridized carbons (Fsp3) is 1.00. The van der Waals surface area contributed by atoms with E-state index in [0.29, 0.717) is 12.5 Å². The Morgan fingerprint density at radius 2 is 2.60 bits per heavy atom. The maximum absolute atomic E-state index is 5.78. The van der Waals surface area contributed by atoms with Gasteiger partial charge in [0.2, 0.25) is 0 Å². The molecule has 1 aliphatic rings. The summed E-state index contributed by atoms with van der Waals surface area (Å²) in [4.78, 5) is 0. The molecule has 0 aromatic heterocycles. The Balaban J connectivity index is 2.18. The van der Waals surface area contributed by atoms with E-state index in [1.807, 2.05) is 0 Å². The Bertz CT molecular complexity index is 91.6. The van der Waals surface area contributed by atoms with Crippen LogP contribution in [0.5, 0.6) is 0 Å². The van der Waals surface area contributed by atoms with Crippen LogP contribution in [0, 0.1) is 5.92 Å². The molecule has 0 aromatic carbocycles. The summed E-state index contributed by atoms with van der Waals surface area (Å²) in [5.74, 6) is 0.514. The van der Waals surface area contributed by atoms with Crippen LogP contribution in [0.3, 0.4) is 0 Å². The smallest absolute Gasteiger partial charge is 0.0617 e. The van der Waals surface area contributed by atoms with Gasteiger partial charge < -0.3 is 15.2 Å². The van der Waals surface area contributed by atoms with Crippen molar-refractivity contribution in [1.82, 2.24) is 0 Å². The Kier molecular flexibility index (Phi) is 3.12. The molecule has 0 radical (unpaired) electrons. The van der Waals surface area contributed by atoms with E-state index in [1.54, 1.807) is 7.11 Å². The van der Waals surface area contributed by atoms with E-state index in [-0.39, 0.29) is 6.04 Å². The Hall–Kier alpha value is -0.120. The molecular weight excluding hydrogens is 130 g/mol. The molecule has 3 heteroatoms. The molecular formula is C7H15NO2. The summed E-state index contributed by atoms with van der Waals surface area (Å²) in [6, 6.07) is 0.160. The lowest BCUT2D eigenvalue weighted by Crippen LogP contribution is -2.34. The third-order valence-electron chi connectivity index (χ3n) is 1.93. The topological polar surface area (TPSA) is 44.5 Å². The Morgan fingerprint density at radius 3 is 3.10 bits per heavy atom. The molecule has 1 rings (SSSR count). The van der Waals surface area contributed by atoms with Crippen LogP contribution in [0.15, 0.2) is 0 Å². The zero-order valence-corrected chi connectivity index (χ0v) is 6.38. The van der Waals surface area contributed by atoms with Crippen molar-refractivity contribution in [3.8, 4) is 0 Å². The van der Waals surface area contributed by atoms with E-state index in [4.69, 9.17) is 15.2 Å². The summed E-state index contributed by atoms with van der Waals surface area (Å²) in [6.45, 7) is 2.32. The van der Waals surface area contributed by atoms with Crippen LogP contribution in [0.25, 0.3) is 0 Å². The highest BCUT2D eigenvalue weighted by Crippen LogP contribution is 2.14. The molecule has 0 bridgehead atoms. The van der Waals surface area contributed by atoms with E-state index < -0.39 is 0 Å². The molecule has 1 fully saturated rings. The van der Waals surface area contributed by atoms with Gasteiger partial charge in [0, 0.05) is 25.7 Å². The van der Waals surface area contributed by atoms with Gasteiger partial charge in [0.15, 0.2) is 0 Å². The summed E-state index contributed by atoms with van der Waals surface area (Å²) in [7, 11) is 1.68. The van der Waals surface area contributed by atoms with Crippen molar-refractivity contribution in [2.75, 3.05) is 26.9 Å². The zero-order valence-electron chi connectivity index (χ0n) is 6.38. The minimum Gasteiger partial charge on any atom is -0.383 e. The van der Waals surface area contributed by atoms with Crippen molar-refractivity contribution in [3.63, 3.8) is 0 Å². The SMILES string of the molecule is COCC(N)C1CCOC1. The van der Waals surface area contributed by atoms with Gasteiger partial charge in [0.1, 0.15) is 0 Å². The molecule has 1 heterocycles. The number of rotatable bonds is 3. The normalized spacial score (nSPS) is 28.8. The predicted molar refractivity (Wildman–Crippen MR) is 38.8 cm³/mol. The summed E-state index contributed by atoms with van der Waals surface area (Å²) in [5, 5.41) is 0. The van der Waals surface area contributed by atoms with Crippen molar-refractivity contribution in [3.05, 3.63) is 0 Å². The average Bonchev–Trinajstić information content (AvgIpc) is 2.38. The molecule has 0 aliphatic carbocycles. The maximum atomic E-state index is 5.78. The number of ether oxygens (including phenoxy) is 2. The van der Waals surface area contributed by atoms with Gasteiger partial charge in [-0.3, -0.25) is 0 Å². The first-order valence-corrected chi connectivity index (χ1v) is 3.67. The molecule has 1 aliphatic heterocycles. The summed E-state index contributed by atoms with van der Waals surface area (Å²) >= 11 is 0. The molecule has 0 aromatic rings. The van der Waals surface area contributed by atoms with Crippen LogP contribution in [0.4, 0.5) is 0 Å². The van der Waals surface area contributed by atoms with Crippen molar-refractivity contribution in [1.29, 1.82) is 0 Å². The highest BCUT2D eigenvalue weighted by atomic mass is 16.5. The molecule has 10 heavy (non-hydrogen) atoms. The summed E-state index contributed by atoms with van der Waals surface area (Å²) in [5.41, 5.74) is 5.78. The van der Waals surface area contributed by atoms with E-state index in [0.717, 1.165) is 19.6 Å². The average molecular weight is 145 g/mol.